The van der Waals surface area contributed by atoms with Crippen molar-refractivity contribution in [1.29, 1.82) is 0 Å². The first-order valence-corrected chi connectivity index (χ1v) is 5.23. The summed E-state index contributed by atoms with van der Waals surface area (Å²) in [5, 5.41) is 8.84. The number of benzene rings is 1. The van der Waals surface area contributed by atoms with Gasteiger partial charge in [-0.3, -0.25) is 0 Å². The van der Waals surface area contributed by atoms with Gasteiger partial charge in [0.2, 0.25) is 5.96 Å². The molecule has 0 fully saturated rings. The average Bonchev–Trinajstić information content (AvgIpc) is 2.21. The number of aliphatic imine (C=N–C) groups is 2. The zero-order valence-electron chi connectivity index (χ0n) is 8.89. The van der Waals surface area contributed by atoms with Crippen LogP contribution in [0, 0.1) is 0 Å². The minimum atomic E-state index is -1.16. The Balaban J connectivity index is 3.27. The molecule has 0 saturated carbocycles. The summed E-state index contributed by atoms with van der Waals surface area (Å²) in [6.07, 6.45) is 0. The van der Waals surface area contributed by atoms with Crippen LogP contribution in [0.15, 0.2) is 22.1 Å². The lowest BCUT2D eigenvalue weighted by Gasteiger charge is -2.04. The summed E-state index contributed by atoms with van der Waals surface area (Å²) in [6, 6.07) is 2.38. The van der Waals surface area contributed by atoms with Crippen molar-refractivity contribution in [3.8, 4) is 0 Å². The molecule has 0 atom stereocenters. The van der Waals surface area contributed by atoms with Crippen molar-refractivity contribution >= 4 is 46.8 Å². The lowest BCUT2D eigenvalue weighted by Crippen LogP contribution is -2.26. The van der Waals surface area contributed by atoms with E-state index in [1.54, 1.807) is 0 Å². The monoisotopic (exact) mass is 289 g/mol. The minimum absolute atomic E-state index is 0.0219. The van der Waals surface area contributed by atoms with Crippen molar-refractivity contribution in [2.24, 2.45) is 27.2 Å². The van der Waals surface area contributed by atoms with Crippen molar-refractivity contribution in [1.82, 2.24) is 0 Å². The molecule has 0 radical (unpaired) electrons. The summed E-state index contributed by atoms with van der Waals surface area (Å²) < 4.78 is 0. The number of hydrogen-bond donors (Lipinski definition) is 4. The van der Waals surface area contributed by atoms with Crippen LogP contribution >= 0.6 is 23.2 Å². The Bertz CT molecular complexity index is 529. The maximum absolute atomic E-state index is 10.8. The summed E-state index contributed by atoms with van der Waals surface area (Å²) in [6.45, 7) is 0. The molecule has 0 aliphatic heterocycles. The Morgan fingerprint density at radius 2 is 1.67 bits per heavy atom. The molecule has 0 aliphatic carbocycles. The fraction of sp³-hybridized carbons (Fsp3) is 0. The Kier molecular flexibility index (Phi) is 4.35. The van der Waals surface area contributed by atoms with Gasteiger partial charge < -0.3 is 22.3 Å². The van der Waals surface area contributed by atoms with E-state index < -0.39 is 5.97 Å². The van der Waals surface area contributed by atoms with Crippen molar-refractivity contribution in [2.75, 3.05) is 0 Å². The lowest BCUT2D eigenvalue weighted by molar-refractivity contribution is 0.0697. The number of nitrogens with two attached hydrogens (primary N) is 3. The van der Waals surface area contributed by atoms with Crippen molar-refractivity contribution in [3.05, 3.63) is 27.7 Å². The van der Waals surface area contributed by atoms with Gasteiger partial charge in [-0.05, 0) is 12.1 Å². The number of aromatic carboxylic acids is 1. The molecule has 0 amide bonds. The summed E-state index contributed by atoms with van der Waals surface area (Å²) in [4.78, 5) is 18.0. The molecule has 7 nitrogen and oxygen atoms in total. The summed E-state index contributed by atoms with van der Waals surface area (Å²) in [5.41, 5.74) is 15.7. The summed E-state index contributed by atoms with van der Waals surface area (Å²) in [5.74, 6) is -1.68. The SMILES string of the molecule is NC(N)=NC(N)=Nc1c(Cl)cc(C(=O)O)cc1Cl. The van der Waals surface area contributed by atoms with Crippen LogP contribution in [0.4, 0.5) is 5.69 Å². The van der Waals surface area contributed by atoms with Crippen LogP contribution in [0.2, 0.25) is 10.0 Å². The van der Waals surface area contributed by atoms with Crippen LogP contribution in [0.5, 0.6) is 0 Å². The van der Waals surface area contributed by atoms with Crippen LogP contribution in [0.3, 0.4) is 0 Å². The number of carboxylic acid groups (broad SMARTS) is 1. The molecule has 9 heteroatoms. The van der Waals surface area contributed by atoms with Gasteiger partial charge in [0.1, 0.15) is 5.69 Å². The third-order valence-electron chi connectivity index (χ3n) is 1.73. The number of halogens is 2. The second kappa shape index (κ2) is 5.56. The minimum Gasteiger partial charge on any atom is -0.478 e. The lowest BCUT2D eigenvalue weighted by atomic mass is 10.2. The smallest absolute Gasteiger partial charge is 0.335 e. The second-order valence-corrected chi connectivity index (χ2v) is 3.91. The molecule has 0 saturated heterocycles. The molecule has 0 heterocycles. The van der Waals surface area contributed by atoms with E-state index in [2.05, 4.69) is 9.98 Å². The fourth-order valence-electron chi connectivity index (χ4n) is 1.07. The van der Waals surface area contributed by atoms with E-state index in [-0.39, 0.29) is 33.2 Å². The van der Waals surface area contributed by atoms with Gasteiger partial charge in [0.25, 0.3) is 0 Å². The maximum Gasteiger partial charge on any atom is 0.335 e. The first-order chi connectivity index (χ1) is 8.31. The van der Waals surface area contributed by atoms with Gasteiger partial charge >= 0.3 is 5.97 Å². The Morgan fingerprint density at radius 3 is 2.06 bits per heavy atom. The number of hydrogen-bond acceptors (Lipinski definition) is 2. The number of nitrogens with zero attached hydrogens (tertiary/aromatic N) is 2. The molecule has 0 bridgehead atoms. The van der Waals surface area contributed by atoms with Crippen LogP contribution in [0.25, 0.3) is 0 Å². The Morgan fingerprint density at radius 1 is 1.17 bits per heavy atom. The second-order valence-electron chi connectivity index (χ2n) is 3.10. The highest BCUT2D eigenvalue weighted by atomic mass is 35.5. The third-order valence-corrected chi connectivity index (χ3v) is 2.31. The first-order valence-electron chi connectivity index (χ1n) is 4.47. The van der Waals surface area contributed by atoms with Gasteiger partial charge in [-0.15, -0.1) is 0 Å². The zero-order chi connectivity index (χ0) is 13.9. The third kappa shape index (κ3) is 3.51. The largest absolute Gasteiger partial charge is 0.478 e. The van der Waals surface area contributed by atoms with Gasteiger partial charge in [-0.2, -0.15) is 4.99 Å². The molecule has 1 rings (SSSR count). The highest BCUT2D eigenvalue weighted by molar-refractivity contribution is 6.39. The fourth-order valence-corrected chi connectivity index (χ4v) is 1.64. The van der Waals surface area contributed by atoms with Crippen LogP contribution < -0.4 is 17.2 Å². The van der Waals surface area contributed by atoms with Gasteiger partial charge in [-0.1, -0.05) is 23.2 Å². The quantitative estimate of drug-likeness (QED) is 0.473. The van der Waals surface area contributed by atoms with Crippen LogP contribution in [0.1, 0.15) is 10.4 Å². The number of guanidine groups is 2. The molecule has 0 aromatic heterocycles. The van der Waals surface area contributed by atoms with Gasteiger partial charge in [0, 0.05) is 0 Å². The predicted octanol–water partition coefficient (Wildman–Crippen LogP) is 0.911. The van der Waals surface area contributed by atoms with Crippen molar-refractivity contribution < 1.29 is 9.90 Å². The zero-order valence-corrected chi connectivity index (χ0v) is 10.4. The molecule has 96 valence electrons. The molecule has 1 aromatic carbocycles. The van der Waals surface area contributed by atoms with E-state index in [0.29, 0.717) is 0 Å². The molecular formula is C9H9Cl2N5O2. The van der Waals surface area contributed by atoms with Gasteiger partial charge in [0.15, 0.2) is 5.96 Å². The number of carboxylic acids is 1. The van der Waals surface area contributed by atoms with Gasteiger partial charge in [-0.25, -0.2) is 9.79 Å². The molecule has 1 aromatic rings. The van der Waals surface area contributed by atoms with Crippen molar-refractivity contribution in [3.63, 3.8) is 0 Å². The Hall–Kier alpha value is -1.99. The van der Waals surface area contributed by atoms with E-state index in [1.807, 2.05) is 0 Å². The van der Waals surface area contributed by atoms with E-state index in [1.165, 1.54) is 12.1 Å². The molecule has 0 spiro atoms. The highest BCUT2D eigenvalue weighted by Gasteiger charge is 2.12. The first kappa shape index (κ1) is 14.1. The molecule has 18 heavy (non-hydrogen) atoms. The number of carbonyl (C=O) groups is 1. The summed E-state index contributed by atoms with van der Waals surface area (Å²) >= 11 is 11.7. The molecular weight excluding hydrogens is 281 g/mol. The van der Waals surface area contributed by atoms with Gasteiger partial charge in [0.05, 0.1) is 15.6 Å². The van der Waals surface area contributed by atoms with E-state index >= 15 is 0 Å². The maximum atomic E-state index is 10.8. The standard InChI is InChI=1S/C9H9Cl2N5O2/c10-4-1-3(7(17)18)2-5(11)6(4)15-9(14)16-8(12)13/h1-2H,(H,17,18)(H6,12,13,14,15,16). The molecule has 7 N–H and O–H groups in total. The normalized spacial score (nSPS) is 11.1. The molecule has 0 aliphatic rings. The van der Waals surface area contributed by atoms with E-state index in [9.17, 15) is 4.79 Å². The highest BCUT2D eigenvalue weighted by Crippen LogP contribution is 2.34. The van der Waals surface area contributed by atoms with E-state index in [0.717, 1.165) is 0 Å². The topological polar surface area (TPSA) is 140 Å². The Labute approximate surface area is 112 Å². The van der Waals surface area contributed by atoms with Crippen LogP contribution in [-0.2, 0) is 0 Å². The van der Waals surface area contributed by atoms with Crippen LogP contribution in [-0.4, -0.2) is 23.0 Å². The van der Waals surface area contributed by atoms with E-state index in [4.69, 9.17) is 45.5 Å². The van der Waals surface area contributed by atoms with Crippen molar-refractivity contribution in [2.45, 2.75) is 0 Å². The average molecular weight is 290 g/mol. The number of rotatable bonds is 2. The summed E-state index contributed by atoms with van der Waals surface area (Å²) in [7, 11) is 0. The molecule has 0 unspecified atom stereocenters. The predicted molar refractivity (Wildman–Crippen MR) is 70.5 cm³/mol.